The van der Waals surface area contributed by atoms with Crippen LogP contribution in [0.25, 0.3) is 0 Å². The SMILES string of the molecule is O=C(Nc1ccccc1O)C1CCN(C[C@@H](O)CC2(O)CCC2)CC1. The molecule has 0 aromatic heterocycles. The second-order valence-electron chi connectivity index (χ2n) is 7.52. The van der Waals surface area contributed by atoms with Crippen LogP contribution in [0.4, 0.5) is 5.69 Å². The molecule has 1 atom stereocenters. The summed E-state index contributed by atoms with van der Waals surface area (Å²) in [5, 5.41) is 32.9. The number of aliphatic hydroxyl groups excluding tert-OH is 1. The number of phenols is 1. The van der Waals surface area contributed by atoms with Gasteiger partial charge in [-0.3, -0.25) is 4.79 Å². The topological polar surface area (TPSA) is 93.0 Å². The van der Waals surface area contributed by atoms with Crippen molar-refractivity contribution >= 4 is 11.6 Å². The van der Waals surface area contributed by atoms with Gasteiger partial charge in [0, 0.05) is 18.9 Å². The lowest BCUT2D eigenvalue weighted by molar-refractivity contribution is -0.121. The molecular weight excluding hydrogens is 320 g/mol. The number of hydrogen-bond acceptors (Lipinski definition) is 5. The second-order valence-corrected chi connectivity index (χ2v) is 7.52. The predicted octanol–water partition coefficient (Wildman–Crippen LogP) is 1.71. The summed E-state index contributed by atoms with van der Waals surface area (Å²) in [4.78, 5) is 14.5. The molecule has 1 heterocycles. The molecule has 6 nitrogen and oxygen atoms in total. The molecule has 0 unspecified atom stereocenters. The molecule has 4 N–H and O–H groups in total. The third kappa shape index (κ3) is 4.71. The van der Waals surface area contributed by atoms with E-state index in [9.17, 15) is 20.1 Å². The van der Waals surface area contributed by atoms with Crippen LogP contribution in [0.3, 0.4) is 0 Å². The Morgan fingerprint density at radius 1 is 1.28 bits per heavy atom. The van der Waals surface area contributed by atoms with E-state index in [0.717, 1.165) is 45.2 Å². The Balaban J connectivity index is 1.42. The summed E-state index contributed by atoms with van der Waals surface area (Å²) in [5.74, 6) is -0.0698. The van der Waals surface area contributed by atoms with E-state index in [1.807, 2.05) is 0 Å². The summed E-state index contributed by atoms with van der Waals surface area (Å²) in [7, 11) is 0. The normalized spacial score (nSPS) is 22.2. The minimum atomic E-state index is -0.657. The Labute approximate surface area is 148 Å². The monoisotopic (exact) mass is 348 g/mol. The highest BCUT2D eigenvalue weighted by molar-refractivity contribution is 5.93. The number of carbonyl (C=O) groups is 1. The van der Waals surface area contributed by atoms with Crippen molar-refractivity contribution in [2.75, 3.05) is 25.0 Å². The molecule has 1 amide bonds. The van der Waals surface area contributed by atoms with E-state index in [2.05, 4.69) is 10.2 Å². The number of aromatic hydroxyl groups is 1. The third-order valence-electron chi connectivity index (χ3n) is 5.49. The smallest absolute Gasteiger partial charge is 0.227 e. The number of para-hydroxylation sites is 2. The van der Waals surface area contributed by atoms with Gasteiger partial charge < -0.3 is 25.5 Å². The number of likely N-dealkylation sites (tertiary alicyclic amines) is 1. The lowest BCUT2D eigenvalue weighted by Crippen LogP contribution is -2.46. The molecule has 1 aliphatic carbocycles. The van der Waals surface area contributed by atoms with Crippen LogP contribution in [-0.2, 0) is 4.79 Å². The van der Waals surface area contributed by atoms with Crippen LogP contribution in [0.2, 0.25) is 0 Å². The lowest BCUT2D eigenvalue weighted by atomic mass is 9.76. The van der Waals surface area contributed by atoms with Crippen LogP contribution in [0.5, 0.6) is 5.75 Å². The van der Waals surface area contributed by atoms with Crippen molar-refractivity contribution in [3.8, 4) is 5.75 Å². The fourth-order valence-corrected chi connectivity index (χ4v) is 3.78. The number of anilines is 1. The molecule has 1 aromatic carbocycles. The van der Waals surface area contributed by atoms with Crippen molar-refractivity contribution in [1.82, 2.24) is 4.90 Å². The number of phenolic OH excluding ortho intramolecular Hbond substituents is 1. The Kier molecular flexibility index (Phi) is 5.61. The van der Waals surface area contributed by atoms with E-state index < -0.39 is 11.7 Å². The Morgan fingerprint density at radius 3 is 2.56 bits per heavy atom. The van der Waals surface area contributed by atoms with Gasteiger partial charge >= 0.3 is 0 Å². The molecule has 2 aliphatic rings. The van der Waals surface area contributed by atoms with Crippen LogP contribution >= 0.6 is 0 Å². The average molecular weight is 348 g/mol. The van der Waals surface area contributed by atoms with Gasteiger partial charge in [-0.25, -0.2) is 0 Å². The molecule has 0 spiro atoms. The maximum absolute atomic E-state index is 12.4. The molecule has 3 rings (SSSR count). The first-order valence-electron chi connectivity index (χ1n) is 9.17. The predicted molar refractivity (Wildman–Crippen MR) is 95.3 cm³/mol. The van der Waals surface area contributed by atoms with Crippen molar-refractivity contribution in [2.45, 2.75) is 50.2 Å². The van der Waals surface area contributed by atoms with Crippen molar-refractivity contribution < 1.29 is 20.1 Å². The lowest BCUT2D eigenvalue weighted by Gasteiger charge is -2.39. The summed E-state index contributed by atoms with van der Waals surface area (Å²) in [6.45, 7) is 2.07. The van der Waals surface area contributed by atoms with Crippen LogP contribution in [0.1, 0.15) is 38.5 Å². The van der Waals surface area contributed by atoms with Gasteiger partial charge in [-0.15, -0.1) is 0 Å². The van der Waals surface area contributed by atoms with Crippen LogP contribution in [0, 0.1) is 5.92 Å². The molecule has 25 heavy (non-hydrogen) atoms. The van der Waals surface area contributed by atoms with E-state index in [-0.39, 0.29) is 17.6 Å². The summed E-state index contributed by atoms with van der Waals surface area (Å²) in [6.07, 6.45) is 4.02. The van der Waals surface area contributed by atoms with E-state index in [1.54, 1.807) is 24.3 Å². The van der Waals surface area contributed by atoms with Gasteiger partial charge in [-0.1, -0.05) is 12.1 Å². The molecule has 0 bridgehead atoms. The molecule has 138 valence electrons. The van der Waals surface area contributed by atoms with E-state index in [4.69, 9.17) is 0 Å². The molecule has 1 saturated carbocycles. The number of β-amino-alcohol motifs (C(OH)–C–C–N with tert-alkyl or cyclic N) is 1. The number of carbonyl (C=O) groups excluding carboxylic acids is 1. The molecule has 2 fully saturated rings. The van der Waals surface area contributed by atoms with Crippen LogP contribution in [-0.4, -0.2) is 57.5 Å². The standard InChI is InChI=1S/C19H28N2O4/c22-15(12-19(25)8-3-9-19)13-21-10-6-14(7-11-21)18(24)20-16-4-1-2-5-17(16)23/h1-2,4-5,14-15,22-23,25H,3,6-13H2,(H,20,24)/t15-/m0/s1. The van der Waals surface area contributed by atoms with E-state index >= 15 is 0 Å². The first-order chi connectivity index (χ1) is 12.0. The van der Waals surface area contributed by atoms with Gasteiger partial charge in [0.2, 0.25) is 5.91 Å². The zero-order valence-electron chi connectivity index (χ0n) is 14.5. The number of nitrogens with zero attached hydrogens (tertiary/aromatic N) is 1. The fourth-order valence-electron chi connectivity index (χ4n) is 3.78. The Hall–Kier alpha value is -1.63. The van der Waals surface area contributed by atoms with Gasteiger partial charge in [0.1, 0.15) is 5.75 Å². The molecule has 1 saturated heterocycles. The average Bonchev–Trinajstić information content (AvgIpc) is 2.56. The van der Waals surface area contributed by atoms with Crippen molar-refractivity contribution in [2.24, 2.45) is 5.92 Å². The van der Waals surface area contributed by atoms with Crippen molar-refractivity contribution in [1.29, 1.82) is 0 Å². The minimum absolute atomic E-state index is 0.0644. The second kappa shape index (κ2) is 7.72. The van der Waals surface area contributed by atoms with Gasteiger partial charge in [0.25, 0.3) is 0 Å². The number of aliphatic hydroxyl groups is 2. The third-order valence-corrected chi connectivity index (χ3v) is 5.49. The maximum Gasteiger partial charge on any atom is 0.227 e. The van der Waals surface area contributed by atoms with Crippen LogP contribution in [0.15, 0.2) is 24.3 Å². The number of piperidine rings is 1. The zero-order valence-corrected chi connectivity index (χ0v) is 14.5. The number of nitrogens with one attached hydrogen (secondary N) is 1. The van der Waals surface area contributed by atoms with Gasteiger partial charge in [0.15, 0.2) is 0 Å². The summed E-state index contributed by atoms with van der Waals surface area (Å²) < 4.78 is 0. The van der Waals surface area contributed by atoms with Crippen molar-refractivity contribution in [3.63, 3.8) is 0 Å². The molecule has 1 aliphatic heterocycles. The number of benzene rings is 1. The molecule has 0 radical (unpaired) electrons. The van der Waals surface area contributed by atoms with Gasteiger partial charge in [-0.2, -0.15) is 0 Å². The highest BCUT2D eigenvalue weighted by Crippen LogP contribution is 2.35. The number of amides is 1. The Morgan fingerprint density at radius 2 is 1.96 bits per heavy atom. The summed E-state index contributed by atoms with van der Waals surface area (Å²) >= 11 is 0. The minimum Gasteiger partial charge on any atom is -0.506 e. The number of rotatable bonds is 6. The van der Waals surface area contributed by atoms with Crippen LogP contribution < -0.4 is 5.32 Å². The first kappa shape index (κ1) is 18.2. The van der Waals surface area contributed by atoms with E-state index in [0.29, 0.717) is 18.7 Å². The van der Waals surface area contributed by atoms with Gasteiger partial charge in [-0.05, 0) is 57.3 Å². The maximum atomic E-state index is 12.4. The zero-order chi connectivity index (χ0) is 17.9. The molecule has 6 heteroatoms. The Bertz CT molecular complexity index is 595. The highest BCUT2D eigenvalue weighted by atomic mass is 16.3. The van der Waals surface area contributed by atoms with Gasteiger partial charge in [0.05, 0.1) is 17.4 Å². The van der Waals surface area contributed by atoms with E-state index in [1.165, 1.54) is 0 Å². The summed E-state index contributed by atoms with van der Waals surface area (Å²) in [5.41, 5.74) is -0.214. The summed E-state index contributed by atoms with van der Waals surface area (Å²) in [6, 6.07) is 6.73. The quantitative estimate of drug-likeness (QED) is 0.587. The first-order valence-corrected chi connectivity index (χ1v) is 9.17. The van der Waals surface area contributed by atoms with Crippen molar-refractivity contribution in [3.05, 3.63) is 24.3 Å². The molecular formula is C19H28N2O4. The largest absolute Gasteiger partial charge is 0.506 e. The number of hydrogen-bond donors (Lipinski definition) is 4. The fraction of sp³-hybridized carbons (Fsp3) is 0.632. The highest BCUT2D eigenvalue weighted by Gasteiger charge is 2.37. The molecule has 1 aromatic rings.